The van der Waals surface area contributed by atoms with E-state index in [0.717, 1.165) is 13.0 Å². The molecule has 1 aromatic rings. The summed E-state index contributed by atoms with van der Waals surface area (Å²) in [6, 6.07) is 11.0. The molecule has 2 atom stereocenters. The van der Waals surface area contributed by atoms with Gasteiger partial charge in [0.15, 0.2) is 0 Å². The van der Waals surface area contributed by atoms with Crippen molar-refractivity contribution in [1.29, 1.82) is 0 Å². The normalized spacial score (nSPS) is 14.9. The van der Waals surface area contributed by atoms with Crippen LogP contribution < -0.4 is 5.73 Å². The summed E-state index contributed by atoms with van der Waals surface area (Å²) in [6.45, 7) is 5.58. The fraction of sp³-hybridized carbons (Fsp3) is 0.600. The minimum Gasteiger partial charge on any atom is -0.323 e. The molecule has 2 heteroatoms. The Morgan fingerprint density at radius 3 is 2.35 bits per heavy atom. The molecular formula is C15H26N2. The van der Waals surface area contributed by atoms with Gasteiger partial charge >= 0.3 is 0 Å². The largest absolute Gasteiger partial charge is 0.323 e. The van der Waals surface area contributed by atoms with Crippen molar-refractivity contribution in [2.24, 2.45) is 5.73 Å². The van der Waals surface area contributed by atoms with E-state index in [2.05, 4.69) is 50.1 Å². The Labute approximate surface area is 106 Å². The van der Waals surface area contributed by atoms with Gasteiger partial charge < -0.3 is 10.6 Å². The van der Waals surface area contributed by atoms with E-state index in [9.17, 15) is 0 Å². The number of hydrogen-bond acceptors (Lipinski definition) is 2. The molecule has 0 aromatic heterocycles. The molecule has 0 aliphatic heterocycles. The zero-order valence-corrected chi connectivity index (χ0v) is 11.4. The predicted molar refractivity (Wildman–Crippen MR) is 75.0 cm³/mol. The van der Waals surface area contributed by atoms with Crippen LogP contribution in [0.25, 0.3) is 0 Å². The minimum atomic E-state index is 0.114. The van der Waals surface area contributed by atoms with Crippen molar-refractivity contribution >= 4 is 0 Å². The monoisotopic (exact) mass is 234 g/mol. The van der Waals surface area contributed by atoms with Gasteiger partial charge in [0.2, 0.25) is 0 Å². The van der Waals surface area contributed by atoms with Crippen molar-refractivity contribution in [3.8, 4) is 0 Å². The molecule has 0 radical (unpaired) electrons. The Morgan fingerprint density at radius 1 is 1.18 bits per heavy atom. The number of rotatable bonds is 7. The molecule has 0 bridgehead atoms. The number of benzene rings is 1. The van der Waals surface area contributed by atoms with Crippen molar-refractivity contribution in [1.82, 2.24) is 4.90 Å². The van der Waals surface area contributed by atoms with Crippen molar-refractivity contribution in [2.75, 3.05) is 13.6 Å². The molecule has 1 rings (SSSR count). The van der Waals surface area contributed by atoms with Gasteiger partial charge in [-0.25, -0.2) is 0 Å². The van der Waals surface area contributed by atoms with E-state index in [1.807, 2.05) is 6.07 Å². The first kappa shape index (κ1) is 14.2. The Hall–Kier alpha value is -0.860. The van der Waals surface area contributed by atoms with E-state index in [1.54, 1.807) is 0 Å². The highest BCUT2D eigenvalue weighted by Gasteiger charge is 2.21. The van der Waals surface area contributed by atoms with Crippen molar-refractivity contribution < 1.29 is 0 Å². The highest BCUT2D eigenvalue weighted by atomic mass is 15.1. The molecule has 0 saturated heterocycles. The van der Waals surface area contributed by atoms with Crippen LogP contribution in [0.3, 0.4) is 0 Å². The number of nitrogens with two attached hydrogens (primary N) is 1. The third-order valence-corrected chi connectivity index (χ3v) is 3.45. The maximum absolute atomic E-state index is 6.38. The number of unbranched alkanes of at least 4 members (excludes halogenated alkanes) is 1. The molecule has 2 nitrogen and oxygen atoms in total. The lowest BCUT2D eigenvalue weighted by atomic mass is 9.97. The van der Waals surface area contributed by atoms with Crippen LogP contribution in [0.4, 0.5) is 0 Å². The van der Waals surface area contributed by atoms with Crippen LogP contribution >= 0.6 is 0 Å². The molecular weight excluding hydrogens is 208 g/mol. The number of likely N-dealkylation sites (N-methyl/N-ethyl adjacent to an activating group) is 1. The minimum absolute atomic E-state index is 0.114. The molecule has 0 aliphatic carbocycles. The van der Waals surface area contributed by atoms with Crippen LogP contribution in [0.2, 0.25) is 0 Å². The smallest absolute Gasteiger partial charge is 0.0452 e. The molecule has 0 saturated carbocycles. The van der Waals surface area contributed by atoms with Crippen LogP contribution in [-0.2, 0) is 0 Å². The Kier molecular flexibility index (Phi) is 6.23. The van der Waals surface area contributed by atoms with E-state index in [-0.39, 0.29) is 6.04 Å². The van der Waals surface area contributed by atoms with Crippen molar-refractivity contribution in [3.63, 3.8) is 0 Å². The second-order valence-corrected chi connectivity index (χ2v) is 4.75. The number of nitrogens with zero attached hydrogens (tertiary/aromatic N) is 1. The van der Waals surface area contributed by atoms with E-state index >= 15 is 0 Å². The lowest BCUT2D eigenvalue weighted by Gasteiger charge is -2.32. The molecule has 0 aliphatic rings. The SMILES string of the molecule is CCCCN(C)C(CC)C(N)c1ccccc1. The Balaban J connectivity index is 2.66. The third-order valence-electron chi connectivity index (χ3n) is 3.45. The van der Waals surface area contributed by atoms with Gasteiger partial charge in [-0.3, -0.25) is 0 Å². The topological polar surface area (TPSA) is 29.3 Å². The van der Waals surface area contributed by atoms with Crippen molar-refractivity contribution in [2.45, 2.75) is 45.2 Å². The first-order valence-corrected chi connectivity index (χ1v) is 6.71. The molecule has 0 spiro atoms. The fourth-order valence-electron chi connectivity index (χ4n) is 2.31. The zero-order chi connectivity index (χ0) is 12.7. The maximum Gasteiger partial charge on any atom is 0.0452 e. The highest BCUT2D eigenvalue weighted by molar-refractivity contribution is 5.20. The average Bonchev–Trinajstić information content (AvgIpc) is 2.38. The lowest BCUT2D eigenvalue weighted by Crippen LogP contribution is -2.40. The van der Waals surface area contributed by atoms with E-state index in [4.69, 9.17) is 5.73 Å². The summed E-state index contributed by atoms with van der Waals surface area (Å²) in [4.78, 5) is 2.40. The van der Waals surface area contributed by atoms with E-state index in [1.165, 1.54) is 18.4 Å². The highest BCUT2D eigenvalue weighted by Crippen LogP contribution is 2.20. The van der Waals surface area contributed by atoms with Gasteiger partial charge in [0.25, 0.3) is 0 Å². The molecule has 0 heterocycles. The van der Waals surface area contributed by atoms with Gasteiger partial charge in [-0.1, -0.05) is 50.6 Å². The van der Waals surface area contributed by atoms with Crippen LogP contribution in [0.1, 0.15) is 44.7 Å². The molecule has 2 unspecified atom stereocenters. The standard InChI is InChI=1S/C15H26N2/c1-4-6-12-17(3)14(5-2)15(16)13-10-8-7-9-11-13/h7-11,14-15H,4-6,12,16H2,1-3H3. The summed E-state index contributed by atoms with van der Waals surface area (Å²) in [6.07, 6.45) is 3.58. The average molecular weight is 234 g/mol. The second kappa shape index (κ2) is 7.46. The molecule has 0 amide bonds. The lowest BCUT2D eigenvalue weighted by molar-refractivity contribution is 0.202. The van der Waals surface area contributed by atoms with Gasteiger partial charge in [0.1, 0.15) is 0 Å². The molecule has 1 aromatic carbocycles. The predicted octanol–water partition coefficient (Wildman–Crippen LogP) is 3.20. The fourth-order valence-corrected chi connectivity index (χ4v) is 2.31. The molecule has 2 N–H and O–H groups in total. The van der Waals surface area contributed by atoms with Gasteiger partial charge in [0.05, 0.1) is 0 Å². The summed E-state index contributed by atoms with van der Waals surface area (Å²) in [5.41, 5.74) is 7.62. The van der Waals surface area contributed by atoms with Crippen LogP contribution in [0.15, 0.2) is 30.3 Å². The number of hydrogen-bond donors (Lipinski definition) is 1. The molecule has 17 heavy (non-hydrogen) atoms. The maximum atomic E-state index is 6.38. The Bertz CT molecular complexity index is 297. The summed E-state index contributed by atoms with van der Waals surface area (Å²) >= 11 is 0. The summed E-state index contributed by atoms with van der Waals surface area (Å²) in [7, 11) is 2.19. The quantitative estimate of drug-likeness (QED) is 0.785. The van der Waals surface area contributed by atoms with Crippen LogP contribution in [-0.4, -0.2) is 24.5 Å². The van der Waals surface area contributed by atoms with Gasteiger partial charge in [-0.2, -0.15) is 0 Å². The molecule has 0 fully saturated rings. The van der Waals surface area contributed by atoms with Gasteiger partial charge in [-0.15, -0.1) is 0 Å². The van der Waals surface area contributed by atoms with Crippen molar-refractivity contribution in [3.05, 3.63) is 35.9 Å². The van der Waals surface area contributed by atoms with Crippen LogP contribution in [0, 0.1) is 0 Å². The molecule has 96 valence electrons. The van der Waals surface area contributed by atoms with Gasteiger partial charge in [-0.05, 0) is 32.0 Å². The summed E-state index contributed by atoms with van der Waals surface area (Å²) in [5.74, 6) is 0. The third kappa shape index (κ3) is 4.14. The summed E-state index contributed by atoms with van der Waals surface area (Å²) < 4.78 is 0. The van der Waals surface area contributed by atoms with Gasteiger partial charge in [0, 0.05) is 12.1 Å². The zero-order valence-electron chi connectivity index (χ0n) is 11.4. The van der Waals surface area contributed by atoms with E-state index in [0.29, 0.717) is 6.04 Å². The second-order valence-electron chi connectivity index (χ2n) is 4.75. The first-order chi connectivity index (χ1) is 8.20. The Morgan fingerprint density at radius 2 is 1.82 bits per heavy atom. The van der Waals surface area contributed by atoms with Crippen LogP contribution in [0.5, 0.6) is 0 Å². The first-order valence-electron chi connectivity index (χ1n) is 6.71. The van der Waals surface area contributed by atoms with E-state index < -0.39 is 0 Å². The summed E-state index contributed by atoms with van der Waals surface area (Å²) in [5, 5.41) is 0.